The van der Waals surface area contributed by atoms with Gasteiger partial charge >= 0.3 is 0 Å². The lowest BCUT2D eigenvalue weighted by molar-refractivity contribution is 0.0374. The Morgan fingerprint density at radius 2 is 1.78 bits per heavy atom. The number of benzene rings is 2. The molecule has 9 heteroatoms. The number of halogens is 4. The third-order valence-corrected chi connectivity index (χ3v) is 5.61. The highest BCUT2D eigenvalue weighted by molar-refractivity contribution is 6.32. The van der Waals surface area contributed by atoms with Crippen LogP contribution in [0.25, 0.3) is 0 Å². The van der Waals surface area contributed by atoms with Gasteiger partial charge in [0.2, 0.25) is 0 Å². The maximum atomic E-state index is 6.53. The fourth-order valence-electron chi connectivity index (χ4n) is 3.38. The van der Waals surface area contributed by atoms with Crippen molar-refractivity contribution < 1.29 is 14.2 Å². The van der Waals surface area contributed by atoms with E-state index in [2.05, 4.69) is 10.2 Å². The van der Waals surface area contributed by atoms with Crippen LogP contribution in [-0.2, 0) is 17.9 Å². The molecule has 1 N–H and O–H groups in total. The van der Waals surface area contributed by atoms with Gasteiger partial charge in [-0.2, -0.15) is 0 Å². The van der Waals surface area contributed by atoms with Crippen molar-refractivity contribution in [3.8, 4) is 11.5 Å². The van der Waals surface area contributed by atoms with Crippen molar-refractivity contribution in [3.63, 3.8) is 0 Å². The normalized spacial score (nSPS) is 13.7. The lowest BCUT2D eigenvalue weighted by atomic mass is 10.2. The van der Waals surface area contributed by atoms with E-state index >= 15 is 0 Å². The zero-order valence-corrected chi connectivity index (χ0v) is 21.4. The predicted molar refractivity (Wildman–Crippen MR) is 136 cm³/mol. The van der Waals surface area contributed by atoms with E-state index in [1.165, 1.54) is 0 Å². The Morgan fingerprint density at radius 1 is 1.03 bits per heavy atom. The molecule has 2 aromatic rings. The van der Waals surface area contributed by atoms with Crippen LogP contribution >= 0.6 is 48.0 Å². The van der Waals surface area contributed by atoms with Gasteiger partial charge in [-0.05, 0) is 50.2 Å². The molecule has 0 bridgehead atoms. The molecule has 0 radical (unpaired) electrons. The number of hydrogen-bond acceptors (Lipinski definition) is 5. The fraction of sp³-hybridized carbons (Fsp3) is 0.478. The third-order valence-electron chi connectivity index (χ3n) is 4.96. The molecule has 0 aromatic heterocycles. The molecule has 32 heavy (non-hydrogen) atoms. The zero-order valence-electron chi connectivity index (χ0n) is 18.3. The summed E-state index contributed by atoms with van der Waals surface area (Å²) in [6, 6.07) is 11.5. The number of rotatable bonds is 11. The minimum atomic E-state index is 0. The zero-order chi connectivity index (χ0) is 21.2. The van der Waals surface area contributed by atoms with Crippen LogP contribution in [0.1, 0.15) is 24.5 Å². The molecule has 0 spiro atoms. The molecule has 0 saturated carbocycles. The molecule has 0 amide bonds. The predicted octanol–water partition coefficient (Wildman–Crippen LogP) is 5.63. The van der Waals surface area contributed by atoms with E-state index in [0.717, 1.165) is 63.5 Å². The van der Waals surface area contributed by atoms with Crippen LogP contribution in [0.5, 0.6) is 11.5 Å². The van der Waals surface area contributed by atoms with Crippen molar-refractivity contribution in [2.75, 3.05) is 46.0 Å². The minimum Gasteiger partial charge on any atom is -0.490 e. The topological polar surface area (TPSA) is 43.0 Å². The highest BCUT2D eigenvalue weighted by atomic mass is 35.5. The van der Waals surface area contributed by atoms with E-state index < -0.39 is 0 Å². The van der Waals surface area contributed by atoms with Crippen molar-refractivity contribution in [2.24, 2.45) is 0 Å². The molecule has 0 unspecified atom stereocenters. The van der Waals surface area contributed by atoms with Gasteiger partial charge in [-0.15, -0.1) is 24.8 Å². The second-order valence-corrected chi connectivity index (χ2v) is 8.02. The van der Waals surface area contributed by atoms with Crippen molar-refractivity contribution >= 4 is 48.0 Å². The number of hydrogen-bond donors (Lipinski definition) is 1. The van der Waals surface area contributed by atoms with Crippen LogP contribution in [0.15, 0.2) is 36.4 Å². The maximum Gasteiger partial charge on any atom is 0.180 e. The standard InChI is InChI=1S/C23H30Cl2N2O3.2ClH/c1-2-29-22-15-18(16-26-8-5-9-27-10-12-28-13-11-27)14-21(25)23(22)30-17-19-6-3-4-7-20(19)24;;/h3-4,6-7,14-15,26H,2,5,8-13,16-17H2,1H3;2*1H. The summed E-state index contributed by atoms with van der Waals surface area (Å²) in [4.78, 5) is 2.44. The second kappa shape index (κ2) is 15.8. The van der Waals surface area contributed by atoms with E-state index in [4.69, 9.17) is 37.4 Å². The summed E-state index contributed by atoms with van der Waals surface area (Å²) in [5.74, 6) is 1.21. The van der Waals surface area contributed by atoms with Gasteiger partial charge in [0.25, 0.3) is 0 Å². The summed E-state index contributed by atoms with van der Waals surface area (Å²) in [6.45, 7) is 9.34. The monoisotopic (exact) mass is 524 g/mol. The highest BCUT2D eigenvalue weighted by Gasteiger charge is 2.14. The molecule has 1 aliphatic rings. The van der Waals surface area contributed by atoms with Gasteiger partial charge < -0.3 is 19.5 Å². The van der Waals surface area contributed by atoms with Crippen LogP contribution in [0.2, 0.25) is 10.0 Å². The van der Waals surface area contributed by atoms with E-state index in [1.54, 1.807) is 0 Å². The Balaban J connectivity index is 0.00000256. The molecule has 180 valence electrons. The van der Waals surface area contributed by atoms with Crippen LogP contribution in [-0.4, -0.2) is 50.9 Å². The summed E-state index contributed by atoms with van der Waals surface area (Å²) in [5, 5.41) is 4.70. The van der Waals surface area contributed by atoms with E-state index in [0.29, 0.717) is 34.8 Å². The van der Waals surface area contributed by atoms with Crippen LogP contribution in [0, 0.1) is 0 Å². The molecule has 1 heterocycles. The molecular formula is C23H32Cl4N2O3. The highest BCUT2D eigenvalue weighted by Crippen LogP contribution is 2.37. The Hall–Kier alpha value is -0.920. The average Bonchev–Trinajstić information content (AvgIpc) is 2.75. The average molecular weight is 526 g/mol. The maximum absolute atomic E-state index is 6.53. The Morgan fingerprint density at radius 3 is 2.50 bits per heavy atom. The lowest BCUT2D eigenvalue weighted by Crippen LogP contribution is -2.37. The number of morpholine rings is 1. The second-order valence-electron chi connectivity index (χ2n) is 7.20. The molecule has 3 rings (SSSR count). The summed E-state index contributed by atoms with van der Waals surface area (Å²) in [5.41, 5.74) is 1.98. The molecule has 1 aliphatic heterocycles. The van der Waals surface area contributed by atoms with E-state index in [9.17, 15) is 0 Å². The first-order chi connectivity index (χ1) is 14.7. The molecule has 0 aliphatic carbocycles. The third kappa shape index (κ3) is 9.14. The summed E-state index contributed by atoms with van der Waals surface area (Å²) in [6.07, 6.45) is 1.10. The first-order valence-electron chi connectivity index (χ1n) is 10.5. The summed E-state index contributed by atoms with van der Waals surface area (Å²) < 4.78 is 17.2. The Labute approximate surface area is 213 Å². The van der Waals surface area contributed by atoms with E-state index in [1.807, 2.05) is 43.3 Å². The Kier molecular flexibility index (Phi) is 14.4. The van der Waals surface area contributed by atoms with Gasteiger partial charge in [0.1, 0.15) is 6.61 Å². The SMILES string of the molecule is CCOc1cc(CNCCCN2CCOCC2)cc(Cl)c1OCc1ccccc1Cl.Cl.Cl. The number of nitrogens with one attached hydrogen (secondary N) is 1. The van der Waals surface area contributed by atoms with E-state index in [-0.39, 0.29) is 24.8 Å². The quantitative estimate of drug-likeness (QED) is 0.385. The van der Waals surface area contributed by atoms with Crippen LogP contribution in [0.4, 0.5) is 0 Å². The molecular weight excluding hydrogens is 494 g/mol. The van der Waals surface area contributed by atoms with Gasteiger partial charge in [0.15, 0.2) is 11.5 Å². The van der Waals surface area contributed by atoms with Crippen molar-refractivity contribution in [2.45, 2.75) is 26.5 Å². The van der Waals surface area contributed by atoms with Crippen LogP contribution in [0.3, 0.4) is 0 Å². The number of nitrogens with zero attached hydrogens (tertiary/aromatic N) is 1. The molecule has 2 aromatic carbocycles. The van der Waals surface area contributed by atoms with Gasteiger partial charge in [0.05, 0.1) is 24.8 Å². The molecule has 1 saturated heterocycles. The van der Waals surface area contributed by atoms with Gasteiger partial charge in [-0.3, -0.25) is 4.90 Å². The largest absolute Gasteiger partial charge is 0.490 e. The first-order valence-corrected chi connectivity index (χ1v) is 11.2. The lowest BCUT2D eigenvalue weighted by Gasteiger charge is -2.26. The van der Waals surface area contributed by atoms with Crippen molar-refractivity contribution in [3.05, 3.63) is 57.6 Å². The van der Waals surface area contributed by atoms with Crippen LogP contribution < -0.4 is 14.8 Å². The summed E-state index contributed by atoms with van der Waals surface area (Å²) in [7, 11) is 0. The molecule has 5 nitrogen and oxygen atoms in total. The first kappa shape index (κ1) is 29.1. The van der Waals surface area contributed by atoms with Crippen molar-refractivity contribution in [1.29, 1.82) is 0 Å². The fourth-order valence-corrected chi connectivity index (χ4v) is 3.86. The smallest absolute Gasteiger partial charge is 0.180 e. The van der Waals surface area contributed by atoms with Gasteiger partial charge in [-0.25, -0.2) is 0 Å². The number of ether oxygens (including phenoxy) is 3. The van der Waals surface area contributed by atoms with Gasteiger partial charge in [-0.1, -0.05) is 41.4 Å². The van der Waals surface area contributed by atoms with Crippen molar-refractivity contribution in [1.82, 2.24) is 10.2 Å². The molecule has 1 fully saturated rings. The molecule has 0 atom stereocenters. The Bertz CT molecular complexity index is 805. The minimum absolute atomic E-state index is 0. The summed E-state index contributed by atoms with van der Waals surface area (Å²) >= 11 is 12.8. The van der Waals surface area contributed by atoms with Gasteiger partial charge in [0, 0.05) is 30.2 Å².